The van der Waals surface area contributed by atoms with Crippen LogP contribution in [0.25, 0.3) is 0 Å². The van der Waals surface area contributed by atoms with E-state index in [2.05, 4.69) is 46.7 Å². The standard InChI is InChI=1S/C21H26FN3OS/c1-16(24-21(27)23-15-17-7-9-19(22)10-8-17)20(18-5-3-2-4-6-18)25-11-13-26-14-12-25/h2-10,16,20H,11-15H2,1H3,(H2,23,24,27)/t16-,20-/m0/s1. The zero-order valence-corrected chi connectivity index (χ0v) is 16.3. The molecule has 0 aromatic heterocycles. The number of benzene rings is 2. The molecule has 2 atom stereocenters. The van der Waals surface area contributed by atoms with Crippen molar-refractivity contribution in [3.8, 4) is 0 Å². The second-order valence-corrected chi connectivity index (χ2v) is 7.15. The SMILES string of the molecule is C[C@H](NC(=S)NCc1ccc(F)cc1)[C@@H](c1ccccc1)N1CCOCC1. The van der Waals surface area contributed by atoms with Gasteiger partial charge in [0.15, 0.2) is 5.11 Å². The van der Waals surface area contributed by atoms with Crippen LogP contribution < -0.4 is 10.6 Å². The average Bonchev–Trinajstić information content (AvgIpc) is 2.69. The van der Waals surface area contributed by atoms with Gasteiger partial charge in [-0.2, -0.15) is 0 Å². The lowest BCUT2D eigenvalue weighted by Crippen LogP contribution is -2.50. The molecule has 2 aromatic rings. The van der Waals surface area contributed by atoms with E-state index in [0.29, 0.717) is 11.7 Å². The summed E-state index contributed by atoms with van der Waals surface area (Å²) >= 11 is 5.49. The van der Waals surface area contributed by atoms with Gasteiger partial charge in [-0.1, -0.05) is 42.5 Å². The summed E-state index contributed by atoms with van der Waals surface area (Å²) in [6.45, 7) is 6.03. The summed E-state index contributed by atoms with van der Waals surface area (Å²) in [5, 5.41) is 7.23. The molecule has 1 fully saturated rings. The lowest BCUT2D eigenvalue weighted by atomic mass is 9.98. The number of morpholine rings is 1. The third-order valence-electron chi connectivity index (χ3n) is 4.78. The number of ether oxygens (including phenoxy) is 1. The van der Waals surface area contributed by atoms with Crippen molar-refractivity contribution in [2.45, 2.75) is 25.6 Å². The van der Waals surface area contributed by atoms with Gasteiger partial charge < -0.3 is 15.4 Å². The van der Waals surface area contributed by atoms with Gasteiger partial charge in [-0.3, -0.25) is 4.90 Å². The van der Waals surface area contributed by atoms with Crippen LogP contribution in [0.1, 0.15) is 24.1 Å². The van der Waals surface area contributed by atoms with E-state index in [1.165, 1.54) is 17.7 Å². The molecule has 144 valence electrons. The first-order valence-corrected chi connectivity index (χ1v) is 9.70. The minimum atomic E-state index is -0.232. The molecular formula is C21H26FN3OS. The van der Waals surface area contributed by atoms with Crippen LogP contribution in [-0.2, 0) is 11.3 Å². The molecule has 27 heavy (non-hydrogen) atoms. The Bertz CT molecular complexity index is 720. The van der Waals surface area contributed by atoms with Crippen LogP contribution >= 0.6 is 12.2 Å². The van der Waals surface area contributed by atoms with Crippen molar-refractivity contribution in [2.24, 2.45) is 0 Å². The Kier molecular flexibility index (Phi) is 7.15. The first-order chi connectivity index (χ1) is 13.1. The van der Waals surface area contributed by atoms with Gasteiger partial charge in [0.25, 0.3) is 0 Å². The number of thiocarbonyl (C=S) groups is 1. The minimum Gasteiger partial charge on any atom is -0.379 e. The predicted octanol–water partition coefficient (Wildman–Crippen LogP) is 3.25. The molecule has 0 radical (unpaired) electrons. The van der Waals surface area contributed by atoms with E-state index in [0.717, 1.165) is 31.9 Å². The zero-order chi connectivity index (χ0) is 19.1. The smallest absolute Gasteiger partial charge is 0.166 e. The summed E-state index contributed by atoms with van der Waals surface area (Å²) in [4.78, 5) is 2.44. The van der Waals surface area contributed by atoms with E-state index >= 15 is 0 Å². The van der Waals surface area contributed by atoms with E-state index < -0.39 is 0 Å². The molecule has 1 aliphatic rings. The topological polar surface area (TPSA) is 36.5 Å². The van der Waals surface area contributed by atoms with Crippen LogP contribution in [0.2, 0.25) is 0 Å². The number of nitrogens with one attached hydrogen (secondary N) is 2. The van der Waals surface area contributed by atoms with Crippen LogP contribution in [0.4, 0.5) is 4.39 Å². The fourth-order valence-corrected chi connectivity index (χ4v) is 3.70. The molecule has 0 spiro atoms. The third kappa shape index (κ3) is 5.73. The highest BCUT2D eigenvalue weighted by Gasteiger charge is 2.28. The quantitative estimate of drug-likeness (QED) is 0.744. The second-order valence-electron chi connectivity index (χ2n) is 6.75. The molecule has 0 saturated carbocycles. The van der Waals surface area contributed by atoms with Gasteiger partial charge in [-0.05, 0) is 42.4 Å². The van der Waals surface area contributed by atoms with Crippen molar-refractivity contribution in [1.82, 2.24) is 15.5 Å². The molecule has 1 aliphatic heterocycles. The van der Waals surface area contributed by atoms with Crippen molar-refractivity contribution < 1.29 is 9.13 Å². The first-order valence-electron chi connectivity index (χ1n) is 9.29. The highest BCUT2D eigenvalue weighted by molar-refractivity contribution is 7.80. The third-order valence-corrected chi connectivity index (χ3v) is 5.04. The molecule has 6 heteroatoms. The van der Waals surface area contributed by atoms with Gasteiger partial charge in [-0.15, -0.1) is 0 Å². The summed E-state index contributed by atoms with van der Waals surface area (Å²) < 4.78 is 18.5. The number of hydrogen-bond acceptors (Lipinski definition) is 3. The Labute approximate surface area is 165 Å². The molecule has 0 unspecified atom stereocenters. The Balaban J connectivity index is 1.61. The molecule has 0 amide bonds. The maximum Gasteiger partial charge on any atom is 0.166 e. The van der Waals surface area contributed by atoms with E-state index in [4.69, 9.17) is 17.0 Å². The minimum absolute atomic E-state index is 0.124. The lowest BCUT2D eigenvalue weighted by molar-refractivity contribution is 0.0102. The highest BCUT2D eigenvalue weighted by atomic mass is 32.1. The Morgan fingerprint density at radius 1 is 1.11 bits per heavy atom. The van der Waals surface area contributed by atoms with Gasteiger partial charge in [0.05, 0.1) is 19.3 Å². The Morgan fingerprint density at radius 2 is 1.78 bits per heavy atom. The predicted molar refractivity (Wildman–Crippen MR) is 110 cm³/mol. The summed E-state index contributed by atoms with van der Waals surface area (Å²) in [6.07, 6.45) is 0. The van der Waals surface area contributed by atoms with Crippen LogP contribution in [0.15, 0.2) is 54.6 Å². The summed E-state index contributed by atoms with van der Waals surface area (Å²) in [7, 11) is 0. The van der Waals surface area contributed by atoms with Gasteiger partial charge in [-0.25, -0.2) is 4.39 Å². The molecule has 1 heterocycles. The van der Waals surface area contributed by atoms with Crippen LogP contribution in [0.3, 0.4) is 0 Å². The molecule has 0 aliphatic carbocycles. The molecule has 2 N–H and O–H groups in total. The average molecular weight is 388 g/mol. The summed E-state index contributed by atoms with van der Waals surface area (Å²) in [5.41, 5.74) is 2.25. The van der Waals surface area contributed by atoms with Crippen molar-refractivity contribution in [3.63, 3.8) is 0 Å². The maximum absolute atomic E-state index is 13.0. The van der Waals surface area contributed by atoms with Crippen LogP contribution in [-0.4, -0.2) is 42.4 Å². The van der Waals surface area contributed by atoms with Crippen molar-refractivity contribution in [1.29, 1.82) is 0 Å². The lowest BCUT2D eigenvalue weighted by Gasteiger charge is -2.38. The Hall–Kier alpha value is -2.02. The van der Waals surface area contributed by atoms with Crippen molar-refractivity contribution >= 4 is 17.3 Å². The highest BCUT2D eigenvalue weighted by Crippen LogP contribution is 2.25. The molecular weight excluding hydrogens is 361 g/mol. The number of rotatable bonds is 6. The van der Waals surface area contributed by atoms with E-state index in [-0.39, 0.29) is 17.9 Å². The molecule has 3 rings (SSSR count). The summed E-state index contributed by atoms with van der Waals surface area (Å²) in [6, 6.07) is 17.3. The van der Waals surface area contributed by atoms with Crippen molar-refractivity contribution in [3.05, 3.63) is 71.5 Å². The largest absolute Gasteiger partial charge is 0.379 e. The van der Waals surface area contributed by atoms with Gasteiger partial charge in [0, 0.05) is 25.7 Å². The van der Waals surface area contributed by atoms with E-state index in [1.54, 1.807) is 12.1 Å². The first kappa shape index (κ1) is 19.7. The maximum atomic E-state index is 13.0. The van der Waals surface area contributed by atoms with Crippen LogP contribution in [0, 0.1) is 5.82 Å². The van der Waals surface area contributed by atoms with Gasteiger partial charge in [0.2, 0.25) is 0 Å². The zero-order valence-electron chi connectivity index (χ0n) is 15.5. The van der Waals surface area contributed by atoms with E-state index in [1.807, 2.05) is 6.07 Å². The van der Waals surface area contributed by atoms with Gasteiger partial charge in [0.1, 0.15) is 5.82 Å². The molecule has 0 bridgehead atoms. The fraction of sp³-hybridized carbons (Fsp3) is 0.381. The number of hydrogen-bond donors (Lipinski definition) is 2. The van der Waals surface area contributed by atoms with Gasteiger partial charge >= 0.3 is 0 Å². The molecule has 1 saturated heterocycles. The normalized spacial score (nSPS) is 17.1. The molecule has 2 aromatic carbocycles. The fourth-order valence-electron chi connectivity index (χ4n) is 3.44. The second kappa shape index (κ2) is 9.78. The number of halogens is 1. The van der Waals surface area contributed by atoms with E-state index in [9.17, 15) is 4.39 Å². The Morgan fingerprint density at radius 3 is 2.44 bits per heavy atom. The monoisotopic (exact) mass is 387 g/mol. The number of nitrogens with zero attached hydrogens (tertiary/aromatic N) is 1. The van der Waals surface area contributed by atoms with Crippen molar-refractivity contribution in [2.75, 3.05) is 26.3 Å². The summed E-state index contributed by atoms with van der Waals surface area (Å²) in [5.74, 6) is -0.232. The van der Waals surface area contributed by atoms with Crippen LogP contribution in [0.5, 0.6) is 0 Å². The molecule has 4 nitrogen and oxygen atoms in total.